The third-order valence-electron chi connectivity index (χ3n) is 13.4. The fourth-order valence-corrected chi connectivity index (χ4v) is 13.6. The van der Waals surface area contributed by atoms with E-state index >= 15 is 0 Å². The molecule has 8 rings (SSSR count). The van der Waals surface area contributed by atoms with E-state index in [2.05, 4.69) is 0 Å². The highest BCUT2D eigenvalue weighted by molar-refractivity contribution is 6.53. The fraction of sp³-hybridized carbons (Fsp3) is 1.00. The van der Waals surface area contributed by atoms with Crippen LogP contribution in [0.4, 0.5) is 0 Å². The molecule has 8 aliphatic carbocycles. The van der Waals surface area contributed by atoms with E-state index in [1.165, 1.54) is 103 Å². The number of rotatable bonds is 12. The van der Waals surface area contributed by atoms with Gasteiger partial charge in [0.1, 0.15) is 0 Å². The van der Waals surface area contributed by atoms with Crippen LogP contribution in [-0.2, 0) is 17.7 Å². The van der Waals surface area contributed by atoms with Crippen molar-refractivity contribution >= 4 is 9.05 Å². The lowest BCUT2D eigenvalue weighted by Crippen LogP contribution is -2.53. The van der Waals surface area contributed by atoms with E-state index in [9.17, 15) is 0 Å². The molecule has 8 bridgehead atoms. The lowest BCUT2D eigenvalue weighted by Gasteiger charge is -2.35. The van der Waals surface area contributed by atoms with Crippen LogP contribution < -0.4 is 0 Å². The highest BCUT2D eigenvalue weighted by Crippen LogP contribution is 2.52. The van der Waals surface area contributed by atoms with Crippen molar-refractivity contribution in [2.75, 3.05) is 26.4 Å². The standard InChI is InChI=1S/C32H52O4Si/c1-5-25-9-21(1)13-29(25)17-33-37(34-18-30-14-22-2-6-26(30)10-22,35-19-31-15-23-3-7-27(31)11-23)36-20-32-16-24-4-8-28(32)12-24/h21-32H,1-20H2. The summed E-state index contributed by atoms with van der Waals surface area (Å²) in [6.07, 6.45) is 22.7. The molecule has 0 radical (unpaired) electrons. The zero-order valence-corrected chi connectivity index (χ0v) is 24.2. The second kappa shape index (κ2) is 10.2. The first-order valence-electron chi connectivity index (χ1n) is 16.7. The average molecular weight is 529 g/mol. The predicted octanol–water partition coefficient (Wildman–Crippen LogP) is 7.23. The van der Waals surface area contributed by atoms with Crippen molar-refractivity contribution in [1.29, 1.82) is 0 Å². The van der Waals surface area contributed by atoms with Crippen molar-refractivity contribution in [3.8, 4) is 0 Å². The zero-order chi connectivity index (χ0) is 24.4. The molecule has 0 spiro atoms. The molecule has 208 valence electrons. The van der Waals surface area contributed by atoms with Crippen LogP contribution in [0.3, 0.4) is 0 Å². The molecule has 8 fully saturated rings. The fourth-order valence-electron chi connectivity index (χ4n) is 11.4. The van der Waals surface area contributed by atoms with Crippen LogP contribution in [-0.4, -0.2) is 35.5 Å². The SMILES string of the molecule is C1CC2CC1CC2CO[Si](OCC1CC2CCC1C2)(OCC1CC2CCC1C2)OCC1CC2CCC1C2. The van der Waals surface area contributed by atoms with Crippen molar-refractivity contribution < 1.29 is 17.7 Å². The second-order valence-corrected chi connectivity index (χ2v) is 17.6. The summed E-state index contributed by atoms with van der Waals surface area (Å²) in [4.78, 5) is 0. The van der Waals surface area contributed by atoms with Gasteiger partial charge in [0, 0.05) is 26.4 Å². The first kappa shape index (κ1) is 24.8. The van der Waals surface area contributed by atoms with Crippen LogP contribution in [0, 0.1) is 71.0 Å². The molecule has 8 aliphatic rings. The molecule has 37 heavy (non-hydrogen) atoms. The van der Waals surface area contributed by atoms with E-state index in [0.717, 1.165) is 73.8 Å². The Morgan fingerprint density at radius 1 is 0.351 bits per heavy atom. The minimum Gasteiger partial charge on any atom is -0.351 e. The van der Waals surface area contributed by atoms with Gasteiger partial charge < -0.3 is 17.7 Å². The second-order valence-electron chi connectivity index (χ2n) is 15.5. The number of hydrogen-bond acceptors (Lipinski definition) is 4. The van der Waals surface area contributed by atoms with Crippen molar-refractivity contribution in [3.63, 3.8) is 0 Å². The molecule has 12 atom stereocenters. The molecule has 0 aliphatic heterocycles. The molecule has 0 aromatic carbocycles. The van der Waals surface area contributed by atoms with Gasteiger partial charge in [-0.25, -0.2) is 0 Å². The van der Waals surface area contributed by atoms with Crippen LogP contribution in [0.1, 0.15) is 103 Å². The van der Waals surface area contributed by atoms with E-state index in [4.69, 9.17) is 17.7 Å². The van der Waals surface area contributed by atoms with Gasteiger partial charge >= 0.3 is 9.05 Å². The molecule has 0 amide bonds. The van der Waals surface area contributed by atoms with Crippen LogP contribution in [0.2, 0.25) is 0 Å². The molecule has 0 aromatic heterocycles. The van der Waals surface area contributed by atoms with Crippen molar-refractivity contribution in [2.24, 2.45) is 71.0 Å². The largest absolute Gasteiger partial charge is 0.679 e. The van der Waals surface area contributed by atoms with Gasteiger partial charge in [-0.1, -0.05) is 25.7 Å². The van der Waals surface area contributed by atoms with Gasteiger partial charge in [0.2, 0.25) is 0 Å². The van der Waals surface area contributed by atoms with Gasteiger partial charge in [0.05, 0.1) is 0 Å². The molecular weight excluding hydrogens is 476 g/mol. The van der Waals surface area contributed by atoms with Crippen molar-refractivity contribution in [2.45, 2.75) is 103 Å². The molecule has 12 unspecified atom stereocenters. The van der Waals surface area contributed by atoms with E-state index < -0.39 is 9.05 Å². The van der Waals surface area contributed by atoms with Crippen LogP contribution >= 0.6 is 0 Å². The molecule has 0 saturated heterocycles. The quantitative estimate of drug-likeness (QED) is 0.250. The van der Waals surface area contributed by atoms with E-state index in [-0.39, 0.29) is 0 Å². The molecule has 0 heterocycles. The summed E-state index contributed by atoms with van der Waals surface area (Å²) in [5.74, 6) is 10.1. The Bertz CT molecular complexity index is 687. The maximum absolute atomic E-state index is 6.96. The Labute approximate surface area is 226 Å². The van der Waals surface area contributed by atoms with Crippen molar-refractivity contribution in [1.82, 2.24) is 0 Å². The zero-order valence-electron chi connectivity index (χ0n) is 23.2. The first-order valence-corrected chi connectivity index (χ1v) is 18.4. The minimum atomic E-state index is -3.18. The number of fused-ring (bicyclic) bond motifs is 8. The normalized spacial score (nSPS) is 50.6. The Morgan fingerprint density at radius 2 is 0.622 bits per heavy atom. The van der Waals surface area contributed by atoms with Gasteiger partial charge in [0.15, 0.2) is 0 Å². The third-order valence-corrected chi connectivity index (χ3v) is 15.5. The highest BCUT2D eigenvalue weighted by Gasteiger charge is 2.53. The van der Waals surface area contributed by atoms with E-state index in [0.29, 0.717) is 23.7 Å². The summed E-state index contributed by atoms with van der Waals surface area (Å²) < 4.78 is 27.8. The minimum absolute atomic E-state index is 0.703. The molecule has 8 saturated carbocycles. The lowest BCUT2D eigenvalue weighted by molar-refractivity contribution is -0.0684. The summed E-state index contributed by atoms with van der Waals surface area (Å²) in [5, 5.41) is 0. The summed E-state index contributed by atoms with van der Waals surface area (Å²) in [6, 6.07) is 0. The van der Waals surface area contributed by atoms with Gasteiger partial charge in [-0.2, -0.15) is 0 Å². The van der Waals surface area contributed by atoms with Crippen LogP contribution in [0.15, 0.2) is 0 Å². The molecule has 0 N–H and O–H groups in total. The summed E-state index contributed by atoms with van der Waals surface area (Å²) in [6.45, 7) is 3.27. The molecule has 0 aromatic rings. The summed E-state index contributed by atoms with van der Waals surface area (Å²) in [7, 11) is -3.18. The van der Waals surface area contributed by atoms with Crippen LogP contribution in [0.5, 0.6) is 0 Å². The Kier molecular flexibility index (Phi) is 6.81. The van der Waals surface area contributed by atoms with Gasteiger partial charge in [-0.05, 0) is 148 Å². The molecular formula is C32H52O4Si. The lowest BCUT2D eigenvalue weighted by atomic mass is 9.90. The van der Waals surface area contributed by atoms with E-state index in [1.807, 2.05) is 0 Å². The van der Waals surface area contributed by atoms with Gasteiger partial charge in [-0.3, -0.25) is 0 Å². The summed E-state index contributed by atoms with van der Waals surface area (Å²) in [5.41, 5.74) is 0. The Hall–Kier alpha value is 0.0569. The average Bonchev–Trinajstić information content (AvgIpc) is 3.78. The predicted molar refractivity (Wildman–Crippen MR) is 145 cm³/mol. The van der Waals surface area contributed by atoms with E-state index in [1.54, 1.807) is 0 Å². The Morgan fingerprint density at radius 3 is 0.811 bits per heavy atom. The maximum Gasteiger partial charge on any atom is 0.679 e. The summed E-state index contributed by atoms with van der Waals surface area (Å²) >= 11 is 0. The third kappa shape index (κ3) is 4.93. The monoisotopic (exact) mass is 528 g/mol. The Balaban J connectivity index is 0.983. The van der Waals surface area contributed by atoms with Gasteiger partial charge in [0.25, 0.3) is 0 Å². The maximum atomic E-state index is 6.96. The topological polar surface area (TPSA) is 36.9 Å². The van der Waals surface area contributed by atoms with Crippen LogP contribution in [0.25, 0.3) is 0 Å². The van der Waals surface area contributed by atoms with Crippen molar-refractivity contribution in [3.05, 3.63) is 0 Å². The highest BCUT2D eigenvalue weighted by atomic mass is 28.4. The first-order chi connectivity index (χ1) is 18.2. The molecule has 5 heteroatoms. The number of hydrogen-bond donors (Lipinski definition) is 0. The molecule has 4 nitrogen and oxygen atoms in total. The van der Waals surface area contributed by atoms with Gasteiger partial charge in [-0.15, -0.1) is 0 Å². The smallest absolute Gasteiger partial charge is 0.351 e.